The van der Waals surface area contributed by atoms with Crippen LogP contribution < -0.4 is 11.2 Å². The van der Waals surface area contributed by atoms with E-state index in [9.17, 15) is 14.4 Å². The third-order valence-electron chi connectivity index (χ3n) is 4.95. The molecule has 0 atom stereocenters. The monoisotopic (exact) mass is 404 g/mol. The summed E-state index contributed by atoms with van der Waals surface area (Å²) >= 11 is 0. The minimum atomic E-state index is -0.510. The van der Waals surface area contributed by atoms with Crippen LogP contribution in [-0.2, 0) is 17.8 Å². The number of H-pyrrole nitrogens is 1. The minimum absolute atomic E-state index is 0.286. The summed E-state index contributed by atoms with van der Waals surface area (Å²) < 4.78 is 7.96. The second-order valence-corrected chi connectivity index (χ2v) is 6.75. The first-order valence-corrected chi connectivity index (χ1v) is 9.49. The quantitative estimate of drug-likeness (QED) is 0.515. The van der Waals surface area contributed by atoms with Crippen molar-refractivity contribution in [2.75, 3.05) is 7.11 Å². The van der Waals surface area contributed by atoms with Gasteiger partial charge in [0.25, 0.3) is 5.56 Å². The number of imidazole rings is 1. The summed E-state index contributed by atoms with van der Waals surface area (Å²) in [5, 5.41) is 0. The number of aromatic amines is 1. The molecule has 0 saturated carbocycles. The lowest BCUT2D eigenvalue weighted by Crippen LogP contribution is -2.31. The van der Waals surface area contributed by atoms with Crippen molar-refractivity contribution in [3.8, 4) is 11.4 Å². The van der Waals surface area contributed by atoms with Gasteiger partial charge in [-0.25, -0.2) is 14.6 Å². The van der Waals surface area contributed by atoms with Gasteiger partial charge in [0, 0.05) is 12.1 Å². The lowest BCUT2D eigenvalue weighted by atomic mass is 10.1. The number of rotatable bonds is 5. The molecule has 0 aliphatic rings. The number of aryl methyl sites for hydroxylation is 1. The van der Waals surface area contributed by atoms with Crippen molar-refractivity contribution in [2.45, 2.75) is 20.0 Å². The molecule has 0 aliphatic heterocycles. The Morgan fingerprint density at radius 3 is 2.37 bits per heavy atom. The Bertz CT molecular complexity index is 1330. The first kappa shape index (κ1) is 19.4. The van der Waals surface area contributed by atoms with E-state index in [1.54, 1.807) is 28.8 Å². The molecule has 4 rings (SSSR count). The van der Waals surface area contributed by atoms with Crippen LogP contribution in [0.15, 0.2) is 64.2 Å². The molecule has 152 valence electrons. The Morgan fingerprint density at radius 1 is 1.03 bits per heavy atom. The van der Waals surface area contributed by atoms with Gasteiger partial charge in [0.2, 0.25) is 0 Å². The summed E-state index contributed by atoms with van der Waals surface area (Å²) in [6.07, 6.45) is 0. The van der Waals surface area contributed by atoms with Crippen LogP contribution in [0.2, 0.25) is 0 Å². The van der Waals surface area contributed by atoms with Crippen molar-refractivity contribution in [3.63, 3.8) is 0 Å². The molecular formula is C22H20N4O4. The molecule has 8 heteroatoms. The molecular weight excluding hydrogens is 384 g/mol. The highest BCUT2D eigenvalue weighted by Crippen LogP contribution is 2.23. The number of nitrogens with zero attached hydrogens (tertiary/aromatic N) is 3. The zero-order valence-corrected chi connectivity index (χ0v) is 16.6. The number of nitrogens with one attached hydrogen (secondary N) is 1. The Kier molecular flexibility index (Phi) is 5.05. The first-order valence-electron chi connectivity index (χ1n) is 9.49. The number of ether oxygens (including phenoxy) is 1. The molecule has 1 N–H and O–H groups in total. The number of benzene rings is 2. The average Bonchev–Trinajstić information content (AvgIpc) is 3.17. The molecule has 0 unspecified atom stereocenters. The molecule has 0 fully saturated rings. The Hall–Kier alpha value is -3.94. The third-order valence-corrected chi connectivity index (χ3v) is 4.95. The highest BCUT2D eigenvalue weighted by molar-refractivity contribution is 5.90. The number of hydrogen-bond acceptors (Lipinski definition) is 5. The predicted molar refractivity (Wildman–Crippen MR) is 113 cm³/mol. The van der Waals surface area contributed by atoms with Crippen LogP contribution in [0.1, 0.15) is 22.8 Å². The normalized spacial score (nSPS) is 11.0. The lowest BCUT2D eigenvalue weighted by Gasteiger charge is -2.07. The first-order chi connectivity index (χ1) is 14.5. The number of carbonyl (C=O) groups excluding carboxylic acids is 1. The topological polar surface area (TPSA) is 99.0 Å². The molecule has 2 aromatic heterocycles. The van der Waals surface area contributed by atoms with E-state index in [1.165, 1.54) is 11.7 Å². The van der Waals surface area contributed by atoms with Gasteiger partial charge in [-0.3, -0.25) is 14.3 Å². The standard InChI is InChI=1S/C22H20N4O4/c1-3-25-17-19(23-18(25)15-9-11-16(12-10-15)21(28)30-2)26(22(29)24-20(17)27)13-14-7-5-4-6-8-14/h4-12H,3,13H2,1-2H3,(H,24,27,29). The van der Waals surface area contributed by atoms with Crippen molar-refractivity contribution < 1.29 is 9.53 Å². The molecule has 2 heterocycles. The van der Waals surface area contributed by atoms with Gasteiger partial charge in [-0.2, -0.15) is 0 Å². The van der Waals surface area contributed by atoms with Crippen LogP contribution in [0.25, 0.3) is 22.6 Å². The van der Waals surface area contributed by atoms with Crippen LogP contribution in [-0.4, -0.2) is 32.2 Å². The SMILES string of the molecule is CCn1c(-c2ccc(C(=O)OC)cc2)nc2c1c(=O)[nH]c(=O)n2Cc1ccccc1. The van der Waals surface area contributed by atoms with E-state index >= 15 is 0 Å². The zero-order valence-electron chi connectivity index (χ0n) is 16.6. The highest BCUT2D eigenvalue weighted by Gasteiger charge is 2.19. The summed E-state index contributed by atoms with van der Waals surface area (Å²) in [5.74, 6) is 0.112. The van der Waals surface area contributed by atoms with Gasteiger partial charge in [-0.15, -0.1) is 0 Å². The fraction of sp³-hybridized carbons (Fsp3) is 0.182. The van der Waals surface area contributed by atoms with E-state index in [-0.39, 0.29) is 6.54 Å². The van der Waals surface area contributed by atoms with Crippen molar-refractivity contribution in [1.82, 2.24) is 19.1 Å². The third kappa shape index (κ3) is 3.32. The van der Waals surface area contributed by atoms with Gasteiger partial charge in [0.05, 0.1) is 19.2 Å². The summed E-state index contributed by atoms with van der Waals surface area (Å²) in [4.78, 5) is 43.9. The van der Waals surface area contributed by atoms with Gasteiger partial charge in [-0.1, -0.05) is 42.5 Å². The fourth-order valence-corrected chi connectivity index (χ4v) is 3.49. The lowest BCUT2D eigenvalue weighted by molar-refractivity contribution is 0.0601. The second-order valence-electron chi connectivity index (χ2n) is 6.75. The summed E-state index contributed by atoms with van der Waals surface area (Å²) in [7, 11) is 1.32. The summed E-state index contributed by atoms with van der Waals surface area (Å²) in [5.41, 5.74) is 1.72. The predicted octanol–water partition coefficient (Wildman–Crippen LogP) is 2.41. The fourth-order valence-electron chi connectivity index (χ4n) is 3.49. The number of esters is 1. The maximum atomic E-state index is 12.6. The Labute approximate surface area is 171 Å². The number of aromatic nitrogens is 4. The van der Waals surface area contributed by atoms with Crippen molar-refractivity contribution in [2.24, 2.45) is 0 Å². The molecule has 0 bridgehead atoms. The van der Waals surface area contributed by atoms with Crippen molar-refractivity contribution in [3.05, 3.63) is 86.6 Å². The van der Waals surface area contributed by atoms with E-state index in [2.05, 4.69) is 9.97 Å². The Balaban J connectivity index is 1.91. The van der Waals surface area contributed by atoms with Crippen LogP contribution in [0.3, 0.4) is 0 Å². The maximum Gasteiger partial charge on any atom is 0.337 e. The van der Waals surface area contributed by atoms with E-state index in [0.29, 0.717) is 29.1 Å². The smallest absolute Gasteiger partial charge is 0.337 e. The zero-order chi connectivity index (χ0) is 21.3. The number of carbonyl (C=O) groups is 1. The van der Waals surface area contributed by atoms with Crippen LogP contribution in [0, 0.1) is 0 Å². The Morgan fingerprint density at radius 2 is 1.73 bits per heavy atom. The molecule has 8 nitrogen and oxygen atoms in total. The molecule has 2 aromatic carbocycles. The van der Waals surface area contributed by atoms with E-state index in [4.69, 9.17) is 4.74 Å². The summed E-state index contributed by atoms with van der Waals surface area (Å²) in [6.45, 7) is 2.67. The molecule has 30 heavy (non-hydrogen) atoms. The van der Waals surface area contributed by atoms with Crippen LogP contribution in [0.5, 0.6) is 0 Å². The van der Waals surface area contributed by atoms with Crippen molar-refractivity contribution >= 4 is 17.1 Å². The average molecular weight is 404 g/mol. The maximum absolute atomic E-state index is 12.6. The minimum Gasteiger partial charge on any atom is -0.465 e. The molecule has 0 spiro atoms. The van der Waals surface area contributed by atoms with E-state index < -0.39 is 17.2 Å². The second kappa shape index (κ2) is 7.82. The number of methoxy groups -OCH3 is 1. The van der Waals surface area contributed by atoms with Gasteiger partial charge in [0.1, 0.15) is 5.82 Å². The van der Waals surface area contributed by atoms with Crippen molar-refractivity contribution in [1.29, 1.82) is 0 Å². The largest absolute Gasteiger partial charge is 0.465 e. The molecule has 0 radical (unpaired) electrons. The number of hydrogen-bond donors (Lipinski definition) is 1. The van der Waals surface area contributed by atoms with E-state index in [1.807, 2.05) is 37.3 Å². The highest BCUT2D eigenvalue weighted by atomic mass is 16.5. The molecule has 4 aromatic rings. The van der Waals surface area contributed by atoms with E-state index in [0.717, 1.165) is 11.1 Å². The van der Waals surface area contributed by atoms with Gasteiger partial charge < -0.3 is 9.30 Å². The van der Waals surface area contributed by atoms with Gasteiger partial charge >= 0.3 is 11.7 Å². The van der Waals surface area contributed by atoms with Crippen LogP contribution in [0.4, 0.5) is 0 Å². The van der Waals surface area contributed by atoms with Crippen LogP contribution >= 0.6 is 0 Å². The summed E-state index contributed by atoms with van der Waals surface area (Å²) in [6, 6.07) is 16.3. The number of fused-ring (bicyclic) bond motifs is 1. The molecule has 0 amide bonds. The molecule has 0 aliphatic carbocycles. The van der Waals surface area contributed by atoms with Gasteiger partial charge in [-0.05, 0) is 24.6 Å². The molecule has 0 saturated heterocycles. The van der Waals surface area contributed by atoms with Gasteiger partial charge in [0.15, 0.2) is 11.2 Å².